The second kappa shape index (κ2) is 7.34. The molecular weight excluding hydrogens is 294 g/mol. The minimum absolute atomic E-state index is 0.0274. The third-order valence-electron chi connectivity index (χ3n) is 3.80. The molecule has 0 heterocycles. The molecule has 0 saturated heterocycles. The van der Waals surface area contributed by atoms with Crippen molar-refractivity contribution in [2.75, 3.05) is 13.2 Å². The van der Waals surface area contributed by atoms with Gasteiger partial charge in [-0.2, -0.15) is 0 Å². The van der Waals surface area contributed by atoms with E-state index in [1.165, 1.54) is 6.42 Å². The van der Waals surface area contributed by atoms with E-state index >= 15 is 0 Å². The summed E-state index contributed by atoms with van der Waals surface area (Å²) in [6, 6.07) is 5.36. The topological polar surface area (TPSA) is 40.5 Å². The molecular formula is C15H20ClNO2S. The molecule has 110 valence electrons. The molecule has 0 bridgehead atoms. The van der Waals surface area contributed by atoms with Crippen LogP contribution in [0.15, 0.2) is 23.1 Å². The molecule has 0 unspecified atom stereocenters. The number of carbonyl (C=O) groups excluding carboxylic acids is 1. The molecule has 1 aromatic carbocycles. The van der Waals surface area contributed by atoms with Crippen molar-refractivity contribution in [3.05, 3.63) is 28.8 Å². The fraction of sp³-hybridized carbons (Fsp3) is 0.533. The molecule has 5 heteroatoms. The number of amides is 1. The number of carbonyl (C=O) groups is 1. The molecule has 2 rings (SSSR count). The summed E-state index contributed by atoms with van der Waals surface area (Å²) in [5, 5.41) is 9.68. The molecule has 0 aliphatic heterocycles. The summed E-state index contributed by atoms with van der Waals surface area (Å²) in [6.07, 6.45) is 5.51. The van der Waals surface area contributed by atoms with Crippen LogP contribution in [0.1, 0.15) is 42.5 Å². The van der Waals surface area contributed by atoms with Gasteiger partial charge in [-0.1, -0.05) is 30.9 Å². The summed E-state index contributed by atoms with van der Waals surface area (Å²) in [6.45, 7) is 0.330. The highest BCUT2D eigenvalue weighted by molar-refractivity contribution is 7.80. The van der Waals surface area contributed by atoms with Crippen LogP contribution in [0.25, 0.3) is 0 Å². The molecule has 1 amide bonds. The highest BCUT2D eigenvalue weighted by Gasteiger charge is 2.27. The van der Waals surface area contributed by atoms with E-state index in [9.17, 15) is 9.90 Å². The number of aliphatic hydroxyl groups excluding tert-OH is 1. The molecule has 0 radical (unpaired) electrons. The molecule has 1 aliphatic rings. The third kappa shape index (κ3) is 3.68. The lowest BCUT2D eigenvalue weighted by molar-refractivity contribution is 0.0585. The Morgan fingerprint density at radius 1 is 1.35 bits per heavy atom. The first-order valence-corrected chi connectivity index (χ1v) is 7.86. The monoisotopic (exact) mass is 313 g/mol. The molecule has 0 atom stereocenters. The molecule has 3 nitrogen and oxygen atoms in total. The van der Waals surface area contributed by atoms with Crippen LogP contribution in [-0.2, 0) is 0 Å². The lowest BCUT2D eigenvalue weighted by atomic mass is 9.93. The summed E-state index contributed by atoms with van der Waals surface area (Å²) in [4.78, 5) is 15.2. The van der Waals surface area contributed by atoms with Gasteiger partial charge in [0.15, 0.2) is 0 Å². The van der Waals surface area contributed by atoms with Crippen molar-refractivity contribution in [1.82, 2.24) is 4.90 Å². The quantitative estimate of drug-likeness (QED) is 0.836. The van der Waals surface area contributed by atoms with Gasteiger partial charge in [0.2, 0.25) is 0 Å². The predicted octanol–water partition coefficient (Wildman–Crippen LogP) is 3.40. The molecule has 20 heavy (non-hydrogen) atoms. The largest absolute Gasteiger partial charge is 0.395 e. The molecule has 0 aromatic heterocycles. The summed E-state index contributed by atoms with van der Waals surface area (Å²) >= 11 is 10.4. The molecule has 1 fully saturated rings. The Hall–Kier alpha value is -0.710. The minimum Gasteiger partial charge on any atom is -0.395 e. The smallest absolute Gasteiger partial charge is 0.255 e. The second-order valence-corrected chi connectivity index (χ2v) is 6.10. The van der Waals surface area contributed by atoms with E-state index in [1.54, 1.807) is 23.1 Å². The average molecular weight is 314 g/mol. The molecule has 1 N–H and O–H groups in total. The highest BCUT2D eigenvalue weighted by atomic mass is 35.5. The van der Waals surface area contributed by atoms with Gasteiger partial charge in [0.05, 0.1) is 17.2 Å². The molecule has 1 aliphatic carbocycles. The zero-order chi connectivity index (χ0) is 14.5. The van der Waals surface area contributed by atoms with Crippen molar-refractivity contribution >= 4 is 30.1 Å². The maximum atomic E-state index is 12.7. The number of hydrogen-bond acceptors (Lipinski definition) is 3. The number of rotatable bonds is 4. The SMILES string of the molecule is O=C(c1cc(S)ccc1Cl)N(CCO)C1CCCCC1. The fourth-order valence-corrected chi connectivity index (χ4v) is 3.18. The van der Waals surface area contributed by atoms with Crippen molar-refractivity contribution in [2.24, 2.45) is 0 Å². The minimum atomic E-state index is -0.105. The first-order valence-electron chi connectivity index (χ1n) is 7.04. The average Bonchev–Trinajstić information content (AvgIpc) is 2.47. The van der Waals surface area contributed by atoms with Crippen molar-refractivity contribution in [3.63, 3.8) is 0 Å². The van der Waals surface area contributed by atoms with E-state index in [1.807, 2.05) is 0 Å². The van der Waals surface area contributed by atoms with E-state index < -0.39 is 0 Å². The summed E-state index contributed by atoms with van der Waals surface area (Å²) in [5.41, 5.74) is 0.471. The van der Waals surface area contributed by atoms with Crippen LogP contribution in [-0.4, -0.2) is 35.1 Å². The Morgan fingerprint density at radius 3 is 2.70 bits per heavy atom. The maximum Gasteiger partial charge on any atom is 0.255 e. The van der Waals surface area contributed by atoms with E-state index in [2.05, 4.69) is 12.6 Å². The van der Waals surface area contributed by atoms with Gasteiger partial charge in [0.25, 0.3) is 5.91 Å². The van der Waals surface area contributed by atoms with Crippen molar-refractivity contribution in [2.45, 2.75) is 43.0 Å². The Labute approximate surface area is 130 Å². The predicted molar refractivity (Wildman–Crippen MR) is 83.7 cm³/mol. The van der Waals surface area contributed by atoms with Gasteiger partial charge < -0.3 is 10.0 Å². The zero-order valence-corrected chi connectivity index (χ0v) is 13.0. The lowest BCUT2D eigenvalue weighted by Crippen LogP contribution is -2.43. The first kappa shape index (κ1) is 15.7. The summed E-state index contributed by atoms with van der Waals surface area (Å²) in [5.74, 6) is -0.105. The third-order valence-corrected chi connectivity index (χ3v) is 4.41. The normalized spacial score (nSPS) is 16.1. The van der Waals surface area contributed by atoms with Crippen LogP contribution in [0.2, 0.25) is 5.02 Å². The van der Waals surface area contributed by atoms with Crippen molar-refractivity contribution in [1.29, 1.82) is 0 Å². The van der Waals surface area contributed by atoms with E-state index in [4.69, 9.17) is 11.6 Å². The van der Waals surface area contributed by atoms with E-state index in [0.29, 0.717) is 22.0 Å². The van der Waals surface area contributed by atoms with E-state index in [-0.39, 0.29) is 18.6 Å². The Balaban J connectivity index is 2.23. The number of nitrogens with zero attached hydrogens (tertiary/aromatic N) is 1. The van der Waals surface area contributed by atoms with Crippen LogP contribution in [0.5, 0.6) is 0 Å². The summed E-state index contributed by atoms with van der Waals surface area (Å²) in [7, 11) is 0. The van der Waals surface area contributed by atoms with Crippen LogP contribution in [0, 0.1) is 0 Å². The van der Waals surface area contributed by atoms with Crippen LogP contribution in [0.4, 0.5) is 0 Å². The van der Waals surface area contributed by atoms with Gasteiger partial charge in [-0.05, 0) is 31.0 Å². The second-order valence-electron chi connectivity index (χ2n) is 5.18. The van der Waals surface area contributed by atoms with Gasteiger partial charge in [-0.15, -0.1) is 12.6 Å². The van der Waals surface area contributed by atoms with Crippen molar-refractivity contribution < 1.29 is 9.90 Å². The number of hydrogen-bond donors (Lipinski definition) is 2. The van der Waals surface area contributed by atoms with Crippen LogP contribution >= 0.6 is 24.2 Å². The number of thiol groups is 1. The number of aliphatic hydroxyl groups is 1. The Kier molecular flexibility index (Phi) is 5.75. The first-order chi connectivity index (χ1) is 9.63. The van der Waals surface area contributed by atoms with Crippen LogP contribution in [0.3, 0.4) is 0 Å². The lowest BCUT2D eigenvalue weighted by Gasteiger charge is -2.34. The molecule has 1 saturated carbocycles. The van der Waals surface area contributed by atoms with Crippen molar-refractivity contribution in [3.8, 4) is 0 Å². The fourth-order valence-electron chi connectivity index (χ4n) is 2.78. The zero-order valence-electron chi connectivity index (χ0n) is 11.4. The van der Waals surface area contributed by atoms with Gasteiger partial charge >= 0.3 is 0 Å². The van der Waals surface area contributed by atoms with Gasteiger partial charge in [-0.3, -0.25) is 4.79 Å². The Bertz CT molecular complexity index is 475. The highest BCUT2D eigenvalue weighted by Crippen LogP contribution is 2.27. The van der Waals surface area contributed by atoms with Gasteiger partial charge in [-0.25, -0.2) is 0 Å². The Morgan fingerprint density at radius 2 is 2.05 bits per heavy atom. The summed E-state index contributed by atoms with van der Waals surface area (Å²) < 4.78 is 0. The number of benzene rings is 1. The van der Waals surface area contributed by atoms with E-state index in [0.717, 1.165) is 25.7 Å². The van der Waals surface area contributed by atoms with Crippen LogP contribution < -0.4 is 0 Å². The van der Waals surface area contributed by atoms with Gasteiger partial charge in [0.1, 0.15) is 0 Å². The maximum absolute atomic E-state index is 12.7. The molecule has 0 spiro atoms. The van der Waals surface area contributed by atoms with Gasteiger partial charge in [0, 0.05) is 17.5 Å². The molecule has 1 aromatic rings. The standard InChI is InChI=1S/C15H20ClNO2S/c16-14-7-6-12(20)10-13(14)15(19)17(8-9-18)11-4-2-1-3-5-11/h6-7,10-11,18,20H,1-5,8-9H2. The number of halogens is 1.